The summed E-state index contributed by atoms with van der Waals surface area (Å²) in [6.45, 7) is 1.77. The number of hydrogen-bond donors (Lipinski definition) is 3. The first-order valence-corrected chi connectivity index (χ1v) is 11.1. The van der Waals surface area contributed by atoms with Crippen LogP contribution in [0.2, 0.25) is 0 Å². The van der Waals surface area contributed by atoms with Crippen LogP contribution in [0.3, 0.4) is 0 Å². The van der Waals surface area contributed by atoms with Gasteiger partial charge in [-0.3, -0.25) is 4.79 Å². The van der Waals surface area contributed by atoms with Gasteiger partial charge in [0.1, 0.15) is 10.6 Å². The van der Waals surface area contributed by atoms with Crippen LogP contribution in [-0.2, 0) is 10.0 Å². The topological polar surface area (TPSA) is 111 Å². The lowest BCUT2D eigenvalue weighted by Crippen LogP contribution is -2.28. The van der Waals surface area contributed by atoms with Crippen LogP contribution in [0.15, 0.2) is 47.4 Å². The minimum atomic E-state index is -4.43. The van der Waals surface area contributed by atoms with Gasteiger partial charge in [0.15, 0.2) is 5.75 Å². The summed E-state index contributed by atoms with van der Waals surface area (Å²) in [4.78, 5) is 11.9. The van der Waals surface area contributed by atoms with Crippen LogP contribution in [0.25, 0.3) is 0 Å². The zero-order valence-corrected chi connectivity index (χ0v) is 17.6. The molecule has 0 atom stereocenters. The van der Waals surface area contributed by atoms with Crippen LogP contribution < -0.4 is 20.5 Å². The summed E-state index contributed by atoms with van der Waals surface area (Å²) in [6, 6.07) is 10.7. The van der Waals surface area contributed by atoms with E-state index in [-0.39, 0.29) is 17.0 Å². The molecule has 0 saturated carbocycles. The van der Waals surface area contributed by atoms with Gasteiger partial charge in [-0.2, -0.15) is 13.2 Å². The Morgan fingerprint density at radius 1 is 1.13 bits per heavy atom. The van der Waals surface area contributed by atoms with Gasteiger partial charge in [0.05, 0.1) is 12.1 Å². The van der Waals surface area contributed by atoms with Gasteiger partial charge in [-0.25, -0.2) is 13.6 Å². The molecule has 2 aromatic carbocycles. The average molecular weight is 459 g/mol. The van der Waals surface area contributed by atoms with Crippen molar-refractivity contribution >= 4 is 21.6 Å². The molecule has 0 aliphatic rings. The van der Waals surface area contributed by atoms with Gasteiger partial charge < -0.3 is 15.4 Å². The predicted octanol–water partition coefficient (Wildman–Crippen LogP) is 4.02. The molecule has 2 rings (SSSR count). The maximum Gasteiger partial charge on any atom is 0.390 e. The van der Waals surface area contributed by atoms with Crippen molar-refractivity contribution in [1.82, 2.24) is 5.32 Å². The highest BCUT2D eigenvalue weighted by molar-refractivity contribution is 7.89. The van der Waals surface area contributed by atoms with Gasteiger partial charge in [0.2, 0.25) is 10.0 Å². The molecule has 0 aliphatic heterocycles. The molecule has 31 heavy (non-hydrogen) atoms. The predicted molar refractivity (Wildman–Crippen MR) is 111 cm³/mol. The molecule has 2 aromatic rings. The zero-order chi connectivity index (χ0) is 23.1. The quantitative estimate of drug-likeness (QED) is 0.465. The minimum Gasteiger partial charge on any atom is -0.454 e. The molecule has 0 heterocycles. The Morgan fingerprint density at radius 3 is 2.39 bits per heavy atom. The van der Waals surface area contributed by atoms with E-state index in [0.717, 1.165) is 18.9 Å². The van der Waals surface area contributed by atoms with Gasteiger partial charge in [0.25, 0.3) is 5.91 Å². The lowest BCUT2D eigenvalue weighted by atomic mass is 10.1. The number of halogens is 3. The number of nitrogens with two attached hydrogens (primary N) is 1. The Labute approximate surface area is 178 Å². The van der Waals surface area contributed by atoms with Crippen LogP contribution in [0, 0.1) is 0 Å². The molecule has 1 amide bonds. The number of unbranched alkanes of at least 4 members (excludes halogenated alkanes) is 1. The van der Waals surface area contributed by atoms with Crippen molar-refractivity contribution in [2.45, 2.75) is 37.3 Å². The van der Waals surface area contributed by atoms with Crippen molar-refractivity contribution in [1.29, 1.82) is 0 Å². The fraction of sp³-hybridized carbons (Fsp3) is 0.350. The third-order valence-electron chi connectivity index (χ3n) is 4.13. The van der Waals surface area contributed by atoms with E-state index in [4.69, 9.17) is 9.88 Å². The lowest BCUT2D eigenvalue weighted by molar-refractivity contribution is -0.132. The van der Waals surface area contributed by atoms with E-state index < -0.39 is 40.0 Å². The number of carbonyl (C=O) groups excluding carboxylic acids is 1. The van der Waals surface area contributed by atoms with Gasteiger partial charge in [-0.15, -0.1) is 0 Å². The van der Waals surface area contributed by atoms with Crippen LogP contribution in [0.5, 0.6) is 11.5 Å². The maximum atomic E-state index is 12.4. The number of carbonyl (C=O) groups is 1. The second kappa shape index (κ2) is 10.5. The Morgan fingerprint density at radius 2 is 1.81 bits per heavy atom. The number of amides is 1. The van der Waals surface area contributed by atoms with Crippen molar-refractivity contribution in [3.8, 4) is 11.5 Å². The summed E-state index contributed by atoms with van der Waals surface area (Å²) < 4.78 is 67.3. The number of para-hydroxylation sites is 1. The summed E-state index contributed by atoms with van der Waals surface area (Å²) in [5.74, 6) is -0.621. The highest BCUT2D eigenvalue weighted by atomic mass is 32.2. The van der Waals surface area contributed by atoms with Gasteiger partial charge in [-0.1, -0.05) is 31.5 Å². The van der Waals surface area contributed by atoms with Crippen molar-refractivity contribution in [2.75, 3.05) is 18.4 Å². The van der Waals surface area contributed by atoms with Crippen LogP contribution >= 0.6 is 0 Å². The monoisotopic (exact) mass is 459 g/mol. The molecule has 0 fully saturated rings. The Hall–Kier alpha value is -2.79. The number of hydrogen-bond acceptors (Lipinski definition) is 5. The molecule has 11 heteroatoms. The van der Waals surface area contributed by atoms with Crippen LogP contribution in [0.4, 0.5) is 18.9 Å². The van der Waals surface area contributed by atoms with E-state index in [1.54, 1.807) is 30.3 Å². The number of benzene rings is 2. The number of sulfonamides is 1. The molecule has 0 saturated heterocycles. The second-order valence-corrected chi connectivity index (χ2v) is 8.24. The van der Waals surface area contributed by atoms with Crippen molar-refractivity contribution in [3.63, 3.8) is 0 Å². The van der Waals surface area contributed by atoms with E-state index in [1.165, 1.54) is 6.07 Å². The summed E-state index contributed by atoms with van der Waals surface area (Å²) in [5.41, 5.74) is 0.0235. The van der Waals surface area contributed by atoms with E-state index in [1.807, 2.05) is 6.92 Å². The summed E-state index contributed by atoms with van der Waals surface area (Å²) in [7, 11) is -4.33. The summed E-state index contributed by atoms with van der Waals surface area (Å²) in [6.07, 6.45) is -4.05. The third kappa shape index (κ3) is 7.76. The molecule has 0 bridgehead atoms. The molecule has 7 nitrogen and oxygen atoms in total. The highest BCUT2D eigenvalue weighted by Crippen LogP contribution is 2.37. The number of rotatable bonds is 10. The maximum absolute atomic E-state index is 12.4. The normalized spacial score (nSPS) is 11.8. The molecule has 0 aliphatic carbocycles. The zero-order valence-electron chi connectivity index (χ0n) is 16.8. The number of anilines is 1. The molecule has 0 spiro atoms. The van der Waals surface area contributed by atoms with Crippen molar-refractivity contribution in [2.24, 2.45) is 5.14 Å². The smallest absolute Gasteiger partial charge is 0.390 e. The van der Waals surface area contributed by atoms with Crippen LogP contribution in [-0.4, -0.2) is 33.6 Å². The van der Waals surface area contributed by atoms with Crippen molar-refractivity contribution < 1.29 is 31.1 Å². The first-order valence-electron chi connectivity index (χ1n) is 9.54. The standard InChI is InChI=1S/C20H24F3N3O4S/c1-2-3-10-25-16-12-14(19(27)26-11-9-20(21,22)23)13-17(31(24,28)29)18(16)30-15-7-5-4-6-8-15/h4-8,12-13,25H,2-3,9-11H2,1H3,(H,26,27)(H2,24,28,29). The first-order chi connectivity index (χ1) is 14.5. The Kier molecular flexibility index (Phi) is 8.28. The van der Waals surface area contributed by atoms with Gasteiger partial charge in [-0.05, 0) is 30.7 Å². The third-order valence-corrected chi connectivity index (χ3v) is 5.04. The number of alkyl halides is 3. The highest BCUT2D eigenvalue weighted by Gasteiger charge is 2.27. The average Bonchev–Trinajstić information content (AvgIpc) is 2.68. The van der Waals surface area contributed by atoms with E-state index in [9.17, 15) is 26.4 Å². The molecule has 170 valence electrons. The number of nitrogens with one attached hydrogen (secondary N) is 2. The number of primary sulfonamides is 1. The van der Waals surface area contributed by atoms with E-state index >= 15 is 0 Å². The fourth-order valence-corrected chi connectivity index (χ4v) is 3.31. The van der Waals surface area contributed by atoms with Crippen molar-refractivity contribution in [3.05, 3.63) is 48.0 Å². The lowest BCUT2D eigenvalue weighted by Gasteiger charge is -2.18. The number of ether oxygens (including phenoxy) is 1. The molecular formula is C20H24F3N3O4S. The SMILES string of the molecule is CCCCNc1cc(C(=O)NCCC(F)(F)F)cc(S(N)(=O)=O)c1Oc1ccccc1. The van der Waals surface area contributed by atoms with E-state index in [0.29, 0.717) is 12.3 Å². The summed E-state index contributed by atoms with van der Waals surface area (Å²) in [5, 5.41) is 10.5. The Balaban J connectivity index is 2.46. The largest absolute Gasteiger partial charge is 0.454 e. The molecule has 4 N–H and O–H groups in total. The van der Waals surface area contributed by atoms with Gasteiger partial charge in [0, 0.05) is 18.7 Å². The van der Waals surface area contributed by atoms with Gasteiger partial charge >= 0.3 is 6.18 Å². The molecular weight excluding hydrogens is 435 g/mol. The fourth-order valence-electron chi connectivity index (χ4n) is 2.61. The molecule has 0 aromatic heterocycles. The Bertz CT molecular complexity index is 997. The molecule has 0 unspecified atom stereocenters. The first kappa shape index (κ1) is 24.5. The minimum absolute atomic E-state index is 0.100. The molecule has 0 radical (unpaired) electrons. The van der Waals surface area contributed by atoms with E-state index in [2.05, 4.69) is 10.6 Å². The summed E-state index contributed by atoms with van der Waals surface area (Å²) >= 11 is 0. The second-order valence-electron chi connectivity index (χ2n) is 6.71. The van der Waals surface area contributed by atoms with Crippen LogP contribution in [0.1, 0.15) is 36.5 Å².